The van der Waals surface area contributed by atoms with E-state index < -0.39 is 5.79 Å². The predicted molar refractivity (Wildman–Crippen MR) is 106 cm³/mol. The Hall–Kier alpha value is -1.79. The Bertz CT molecular complexity index is 625. The summed E-state index contributed by atoms with van der Waals surface area (Å²) in [6, 6.07) is 8.46. The smallest absolute Gasteiger partial charge is 0.241 e. The molecule has 1 aromatic carbocycles. The fraction of sp³-hybridized carbons (Fsp3) is 0.667. The number of carbonyl (C=O) groups is 1. The van der Waals surface area contributed by atoms with E-state index in [4.69, 9.17) is 9.47 Å². The maximum absolute atomic E-state index is 12.5. The molecule has 1 N–H and O–H groups in total. The number of rotatable bonds is 4. The minimum absolute atomic E-state index is 0.136. The van der Waals surface area contributed by atoms with Crippen LogP contribution >= 0.6 is 0 Å². The maximum Gasteiger partial charge on any atom is 0.241 e. The van der Waals surface area contributed by atoms with Crippen molar-refractivity contribution in [1.82, 2.24) is 4.90 Å². The summed E-state index contributed by atoms with van der Waals surface area (Å²) in [5.41, 5.74) is 2.27. The molecule has 0 saturated carbocycles. The zero-order valence-electron chi connectivity index (χ0n) is 16.3. The molecular formula is C21H31N3O3. The van der Waals surface area contributed by atoms with Crippen LogP contribution in [-0.4, -0.2) is 62.5 Å². The van der Waals surface area contributed by atoms with Crippen LogP contribution in [0.2, 0.25) is 0 Å². The first kappa shape index (κ1) is 18.6. The largest absolute Gasteiger partial charge is 0.376 e. The first-order valence-electron chi connectivity index (χ1n) is 10.3. The standard InChI is InChI=1S/C21H31N3O3/c1-17-6-10-23(11-7-17)19-4-2-18(3-5-19)22-16-20(25)24-12-8-21(9-13-24)26-14-15-27-21/h2-5,17,22H,6-16H2,1H3. The van der Waals surface area contributed by atoms with Gasteiger partial charge in [-0.15, -0.1) is 0 Å². The van der Waals surface area contributed by atoms with Crippen molar-refractivity contribution in [3.8, 4) is 0 Å². The van der Waals surface area contributed by atoms with Gasteiger partial charge in [-0.05, 0) is 43.0 Å². The molecule has 1 amide bonds. The molecule has 1 spiro atoms. The third kappa shape index (κ3) is 4.38. The minimum atomic E-state index is -0.424. The lowest BCUT2D eigenvalue weighted by atomic mass is 9.99. The summed E-state index contributed by atoms with van der Waals surface area (Å²) in [4.78, 5) is 16.9. The van der Waals surface area contributed by atoms with Gasteiger partial charge in [0, 0.05) is 50.4 Å². The van der Waals surface area contributed by atoms with E-state index in [-0.39, 0.29) is 5.91 Å². The molecule has 0 atom stereocenters. The third-order valence-corrected chi connectivity index (χ3v) is 6.15. The highest BCUT2D eigenvalue weighted by Gasteiger charge is 2.40. The summed E-state index contributed by atoms with van der Waals surface area (Å²) < 4.78 is 11.5. The monoisotopic (exact) mass is 373 g/mol. The highest BCUT2D eigenvalue weighted by atomic mass is 16.7. The van der Waals surface area contributed by atoms with Crippen LogP contribution in [0.4, 0.5) is 11.4 Å². The van der Waals surface area contributed by atoms with Gasteiger partial charge >= 0.3 is 0 Å². The molecule has 3 aliphatic rings. The van der Waals surface area contributed by atoms with Gasteiger partial charge in [-0.25, -0.2) is 0 Å². The van der Waals surface area contributed by atoms with E-state index in [0.717, 1.165) is 37.5 Å². The molecule has 0 aliphatic carbocycles. The topological polar surface area (TPSA) is 54.0 Å². The molecule has 148 valence electrons. The molecule has 6 nitrogen and oxygen atoms in total. The third-order valence-electron chi connectivity index (χ3n) is 6.15. The van der Waals surface area contributed by atoms with Gasteiger partial charge in [-0.3, -0.25) is 4.79 Å². The lowest BCUT2D eigenvalue weighted by molar-refractivity contribution is -0.187. The van der Waals surface area contributed by atoms with Crippen LogP contribution in [0, 0.1) is 5.92 Å². The SMILES string of the molecule is CC1CCN(c2ccc(NCC(=O)N3CCC4(CC3)OCCO4)cc2)CC1. The number of benzene rings is 1. The van der Waals surface area contributed by atoms with E-state index in [0.29, 0.717) is 32.8 Å². The average molecular weight is 373 g/mol. The van der Waals surface area contributed by atoms with Crippen LogP contribution in [0.25, 0.3) is 0 Å². The van der Waals surface area contributed by atoms with Gasteiger partial charge in [0.25, 0.3) is 0 Å². The van der Waals surface area contributed by atoms with Crippen LogP contribution in [-0.2, 0) is 14.3 Å². The van der Waals surface area contributed by atoms with E-state index in [1.807, 2.05) is 4.90 Å². The zero-order valence-corrected chi connectivity index (χ0v) is 16.3. The number of hydrogen-bond donors (Lipinski definition) is 1. The maximum atomic E-state index is 12.5. The second-order valence-electron chi connectivity index (χ2n) is 8.06. The van der Waals surface area contributed by atoms with Gasteiger partial charge in [0.15, 0.2) is 5.79 Å². The van der Waals surface area contributed by atoms with Gasteiger partial charge in [0.2, 0.25) is 5.91 Å². The van der Waals surface area contributed by atoms with Crippen molar-refractivity contribution in [2.75, 3.05) is 56.2 Å². The van der Waals surface area contributed by atoms with Crippen LogP contribution in [0.3, 0.4) is 0 Å². The average Bonchev–Trinajstić information content (AvgIpc) is 3.16. The Morgan fingerprint density at radius 1 is 1.07 bits per heavy atom. The van der Waals surface area contributed by atoms with Crippen molar-refractivity contribution in [3.63, 3.8) is 0 Å². The quantitative estimate of drug-likeness (QED) is 0.879. The molecule has 1 aromatic rings. The number of likely N-dealkylation sites (tertiary alicyclic amines) is 1. The summed E-state index contributed by atoms with van der Waals surface area (Å²) in [5, 5.41) is 3.27. The molecule has 0 unspecified atom stereocenters. The number of piperidine rings is 2. The van der Waals surface area contributed by atoms with E-state index in [1.165, 1.54) is 18.5 Å². The molecule has 27 heavy (non-hydrogen) atoms. The summed E-state index contributed by atoms with van der Waals surface area (Å²) in [6.45, 7) is 7.67. The summed E-state index contributed by atoms with van der Waals surface area (Å²) >= 11 is 0. The molecule has 3 aliphatic heterocycles. The fourth-order valence-corrected chi connectivity index (χ4v) is 4.23. The number of ether oxygens (including phenoxy) is 2. The predicted octanol–water partition coefficient (Wildman–Crippen LogP) is 2.70. The Labute approximate surface area is 161 Å². The van der Waals surface area contributed by atoms with E-state index in [2.05, 4.69) is 41.4 Å². The second kappa shape index (κ2) is 8.07. The first-order valence-corrected chi connectivity index (χ1v) is 10.3. The molecule has 3 heterocycles. The van der Waals surface area contributed by atoms with Crippen LogP contribution in [0.5, 0.6) is 0 Å². The van der Waals surface area contributed by atoms with Gasteiger partial charge in [-0.1, -0.05) is 6.92 Å². The lowest BCUT2D eigenvalue weighted by Gasteiger charge is -2.37. The zero-order chi connectivity index (χ0) is 18.7. The molecule has 0 radical (unpaired) electrons. The molecular weight excluding hydrogens is 342 g/mol. The van der Waals surface area contributed by atoms with Crippen molar-refractivity contribution in [3.05, 3.63) is 24.3 Å². The summed E-state index contributed by atoms with van der Waals surface area (Å²) in [7, 11) is 0. The van der Waals surface area contributed by atoms with Crippen molar-refractivity contribution >= 4 is 17.3 Å². The Morgan fingerprint density at radius 2 is 1.70 bits per heavy atom. The Morgan fingerprint density at radius 3 is 2.33 bits per heavy atom. The Balaban J connectivity index is 1.23. The number of anilines is 2. The van der Waals surface area contributed by atoms with E-state index >= 15 is 0 Å². The van der Waals surface area contributed by atoms with E-state index in [9.17, 15) is 4.79 Å². The van der Waals surface area contributed by atoms with Crippen LogP contribution < -0.4 is 10.2 Å². The van der Waals surface area contributed by atoms with Crippen molar-refractivity contribution in [1.29, 1.82) is 0 Å². The number of hydrogen-bond acceptors (Lipinski definition) is 5. The highest BCUT2D eigenvalue weighted by molar-refractivity contribution is 5.81. The highest BCUT2D eigenvalue weighted by Crippen LogP contribution is 2.31. The number of nitrogens with zero attached hydrogens (tertiary/aromatic N) is 2. The van der Waals surface area contributed by atoms with Crippen LogP contribution in [0.1, 0.15) is 32.6 Å². The number of nitrogens with one attached hydrogen (secondary N) is 1. The van der Waals surface area contributed by atoms with Crippen molar-refractivity contribution in [2.24, 2.45) is 5.92 Å². The molecule has 0 aromatic heterocycles. The first-order chi connectivity index (χ1) is 13.1. The fourth-order valence-electron chi connectivity index (χ4n) is 4.23. The molecule has 4 rings (SSSR count). The van der Waals surface area contributed by atoms with Crippen LogP contribution in [0.15, 0.2) is 24.3 Å². The summed E-state index contributed by atoms with van der Waals surface area (Å²) in [5.74, 6) is 0.549. The number of carbonyl (C=O) groups excluding carboxylic acids is 1. The van der Waals surface area contributed by atoms with Gasteiger partial charge in [-0.2, -0.15) is 0 Å². The molecule has 3 saturated heterocycles. The van der Waals surface area contributed by atoms with E-state index in [1.54, 1.807) is 0 Å². The van der Waals surface area contributed by atoms with Crippen molar-refractivity contribution in [2.45, 2.75) is 38.4 Å². The molecule has 3 fully saturated rings. The van der Waals surface area contributed by atoms with Gasteiger partial charge in [0.1, 0.15) is 0 Å². The number of amides is 1. The normalized spacial score (nSPS) is 23.0. The molecule has 6 heteroatoms. The van der Waals surface area contributed by atoms with Crippen molar-refractivity contribution < 1.29 is 14.3 Å². The minimum Gasteiger partial charge on any atom is -0.376 e. The van der Waals surface area contributed by atoms with Gasteiger partial charge < -0.3 is 24.6 Å². The molecule has 0 bridgehead atoms. The van der Waals surface area contributed by atoms with Gasteiger partial charge in [0.05, 0.1) is 19.8 Å². The Kier molecular flexibility index (Phi) is 5.55. The second-order valence-corrected chi connectivity index (χ2v) is 8.06. The summed E-state index contributed by atoms with van der Waals surface area (Å²) in [6.07, 6.45) is 4.06. The lowest BCUT2D eigenvalue weighted by Crippen LogP contribution is -2.48.